The van der Waals surface area contributed by atoms with Gasteiger partial charge in [-0.2, -0.15) is 0 Å². The van der Waals surface area contributed by atoms with Crippen molar-refractivity contribution in [2.75, 3.05) is 6.61 Å². The Morgan fingerprint density at radius 3 is 2.64 bits per heavy atom. The predicted octanol–water partition coefficient (Wildman–Crippen LogP) is 2.37. The molecule has 0 bridgehead atoms. The molecule has 0 atom stereocenters. The van der Waals surface area contributed by atoms with Crippen LogP contribution in [0.5, 0.6) is 0 Å². The Hall–Kier alpha value is -2.12. The van der Waals surface area contributed by atoms with Crippen molar-refractivity contribution in [1.29, 1.82) is 0 Å². The van der Waals surface area contributed by atoms with Gasteiger partial charge in [-0.15, -0.1) is 5.10 Å². The van der Waals surface area contributed by atoms with Gasteiger partial charge in [-0.05, 0) is 55.9 Å². The standard InChI is InChI=1S/C18H22FN3O3/c19-15-5-3-14(4-6-15)18(24)10-22-9-16(20-21-22)12-25-17-7-1-13(11-23)2-8-17/h3-6,9,13,17,23H,1-2,7-8,10-12H2. The van der Waals surface area contributed by atoms with Gasteiger partial charge < -0.3 is 9.84 Å². The predicted molar refractivity (Wildman–Crippen MR) is 88.4 cm³/mol. The van der Waals surface area contributed by atoms with E-state index in [4.69, 9.17) is 9.84 Å². The van der Waals surface area contributed by atoms with Gasteiger partial charge in [0.05, 0.1) is 18.9 Å². The summed E-state index contributed by atoms with van der Waals surface area (Å²) in [5.41, 5.74) is 1.12. The number of hydrogen-bond donors (Lipinski definition) is 1. The Kier molecular flexibility index (Phi) is 5.88. The zero-order valence-corrected chi connectivity index (χ0v) is 14.0. The normalized spacial score (nSPS) is 20.6. The van der Waals surface area contributed by atoms with Crippen molar-refractivity contribution in [3.05, 3.63) is 47.5 Å². The Bertz CT molecular complexity index is 694. The number of rotatable bonds is 7. The highest BCUT2D eigenvalue weighted by Gasteiger charge is 2.21. The highest BCUT2D eigenvalue weighted by Crippen LogP contribution is 2.26. The maximum Gasteiger partial charge on any atom is 0.184 e. The van der Waals surface area contributed by atoms with E-state index in [2.05, 4.69) is 10.3 Å². The Morgan fingerprint density at radius 2 is 1.96 bits per heavy atom. The van der Waals surface area contributed by atoms with Crippen LogP contribution in [0.3, 0.4) is 0 Å². The Labute approximate surface area is 145 Å². The van der Waals surface area contributed by atoms with Crippen molar-refractivity contribution in [3.63, 3.8) is 0 Å². The zero-order valence-electron chi connectivity index (χ0n) is 14.0. The van der Waals surface area contributed by atoms with Gasteiger partial charge in [0.15, 0.2) is 5.78 Å². The van der Waals surface area contributed by atoms with E-state index in [1.165, 1.54) is 28.9 Å². The lowest BCUT2D eigenvalue weighted by atomic mass is 9.88. The van der Waals surface area contributed by atoms with Gasteiger partial charge in [0.1, 0.15) is 18.1 Å². The Morgan fingerprint density at radius 1 is 1.24 bits per heavy atom. The maximum absolute atomic E-state index is 12.9. The molecular weight excluding hydrogens is 325 g/mol. The number of aliphatic hydroxyl groups excluding tert-OH is 1. The quantitative estimate of drug-likeness (QED) is 0.778. The van der Waals surface area contributed by atoms with Crippen LogP contribution in [0.4, 0.5) is 4.39 Å². The van der Waals surface area contributed by atoms with Crippen LogP contribution in [0, 0.1) is 11.7 Å². The van der Waals surface area contributed by atoms with Crippen molar-refractivity contribution in [2.45, 2.75) is 44.9 Å². The van der Waals surface area contributed by atoms with Gasteiger partial charge >= 0.3 is 0 Å². The molecule has 1 saturated carbocycles. The molecule has 0 aliphatic heterocycles. The molecule has 0 radical (unpaired) electrons. The molecule has 1 aromatic carbocycles. The van der Waals surface area contributed by atoms with Gasteiger partial charge in [0.25, 0.3) is 0 Å². The Balaban J connectivity index is 1.47. The molecule has 1 N–H and O–H groups in total. The minimum absolute atomic E-state index is 0.0558. The summed E-state index contributed by atoms with van der Waals surface area (Å²) in [6.45, 7) is 0.669. The molecule has 1 heterocycles. The number of aliphatic hydroxyl groups is 1. The van der Waals surface area contributed by atoms with Crippen LogP contribution in [0.1, 0.15) is 41.7 Å². The van der Waals surface area contributed by atoms with E-state index in [0.717, 1.165) is 25.7 Å². The van der Waals surface area contributed by atoms with Gasteiger partial charge in [-0.1, -0.05) is 5.21 Å². The number of Topliss-reactive ketones (excluding diaryl/α,β-unsaturated/α-hetero) is 1. The van der Waals surface area contributed by atoms with Crippen LogP contribution in [0.25, 0.3) is 0 Å². The van der Waals surface area contributed by atoms with Crippen molar-refractivity contribution < 1.29 is 19.0 Å². The number of nitrogens with zero attached hydrogens (tertiary/aromatic N) is 3. The van der Waals surface area contributed by atoms with Crippen LogP contribution in [0.15, 0.2) is 30.5 Å². The second-order valence-electron chi connectivity index (χ2n) is 6.47. The van der Waals surface area contributed by atoms with Crippen molar-refractivity contribution in [2.24, 2.45) is 5.92 Å². The lowest BCUT2D eigenvalue weighted by Crippen LogP contribution is -2.23. The summed E-state index contributed by atoms with van der Waals surface area (Å²) in [4.78, 5) is 12.1. The minimum Gasteiger partial charge on any atom is -0.396 e. The first-order valence-electron chi connectivity index (χ1n) is 8.54. The molecule has 1 fully saturated rings. The summed E-state index contributed by atoms with van der Waals surface area (Å²) < 4.78 is 20.2. The van der Waals surface area contributed by atoms with E-state index < -0.39 is 0 Å². The van der Waals surface area contributed by atoms with E-state index in [1.54, 1.807) is 6.20 Å². The molecule has 3 rings (SSSR count). The number of aromatic nitrogens is 3. The van der Waals surface area contributed by atoms with Crippen LogP contribution in [-0.4, -0.2) is 38.6 Å². The fraction of sp³-hybridized carbons (Fsp3) is 0.500. The number of benzene rings is 1. The zero-order chi connectivity index (χ0) is 17.6. The fourth-order valence-electron chi connectivity index (χ4n) is 3.04. The molecule has 1 aliphatic rings. The van der Waals surface area contributed by atoms with Crippen LogP contribution < -0.4 is 0 Å². The molecule has 2 aromatic rings. The molecule has 1 aromatic heterocycles. The van der Waals surface area contributed by atoms with E-state index in [-0.39, 0.29) is 30.9 Å². The lowest BCUT2D eigenvalue weighted by molar-refractivity contribution is -0.000191. The first-order chi connectivity index (χ1) is 12.1. The monoisotopic (exact) mass is 347 g/mol. The molecular formula is C18H22FN3O3. The summed E-state index contributed by atoms with van der Waals surface area (Å²) in [5.74, 6) is -0.123. The summed E-state index contributed by atoms with van der Waals surface area (Å²) >= 11 is 0. The molecule has 0 spiro atoms. The largest absolute Gasteiger partial charge is 0.396 e. The molecule has 1 aliphatic carbocycles. The van der Waals surface area contributed by atoms with Crippen LogP contribution >= 0.6 is 0 Å². The lowest BCUT2D eigenvalue weighted by Gasteiger charge is -2.26. The highest BCUT2D eigenvalue weighted by atomic mass is 19.1. The molecule has 134 valence electrons. The first-order valence-corrected chi connectivity index (χ1v) is 8.54. The molecule has 0 unspecified atom stereocenters. The SMILES string of the molecule is O=C(Cn1cc(COC2CCC(CO)CC2)nn1)c1ccc(F)cc1. The maximum atomic E-state index is 12.9. The van der Waals surface area contributed by atoms with Gasteiger partial charge in [0, 0.05) is 12.2 Å². The summed E-state index contributed by atoms with van der Waals surface area (Å²) in [6, 6.07) is 5.45. The summed E-state index contributed by atoms with van der Waals surface area (Å²) in [7, 11) is 0. The van der Waals surface area contributed by atoms with Crippen molar-refractivity contribution in [3.8, 4) is 0 Å². The average molecular weight is 347 g/mol. The third-order valence-electron chi connectivity index (χ3n) is 4.58. The topological polar surface area (TPSA) is 77.2 Å². The van der Waals surface area contributed by atoms with Crippen LogP contribution in [-0.2, 0) is 17.9 Å². The minimum atomic E-state index is -0.371. The molecule has 6 nitrogen and oxygen atoms in total. The summed E-state index contributed by atoms with van der Waals surface area (Å²) in [6.07, 6.45) is 5.75. The van der Waals surface area contributed by atoms with E-state index >= 15 is 0 Å². The van der Waals surface area contributed by atoms with E-state index in [9.17, 15) is 9.18 Å². The van der Waals surface area contributed by atoms with Crippen molar-refractivity contribution >= 4 is 5.78 Å². The molecule has 7 heteroatoms. The average Bonchev–Trinajstić information content (AvgIpc) is 3.08. The second kappa shape index (κ2) is 8.31. The number of carbonyl (C=O) groups is 1. The smallest absolute Gasteiger partial charge is 0.184 e. The number of halogens is 1. The fourth-order valence-corrected chi connectivity index (χ4v) is 3.04. The van der Waals surface area contributed by atoms with Gasteiger partial charge in [-0.25, -0.2) is 9.07 Å². The number of ketones is 1. The third kappa shape index (κ3) is 4.93. The van der Waals surface area contributed by atoms with Crippen molar-refractivity contribution in [1.82, 2.24) is 15.0 Å². The first kappa shape index (κ1) is 17.7. The number of hydrogen-bond acceptors (Lipinski definition) is 5. The highest BCUT2D eigenvalue weighted by molar-refractivity contribution is 5.95. The van der Waals surface area contributed by atoms with E-state index in [1.807, 2.05) is 0 Å². The molecule has 0 amide bonds. The van der Waals surface area contributed by atoms with Gasteiger partial charge in [0.2, 0.25) is 0 Å². The molecule has 0 saturated heterocycles. The number of ether oxygens (including phenoxy) is 1. The summed E-state index contributed by atoms with van der Waals surface area (Å²) in [5, 5.41) is 17.1. The third-order valence-corrected chi connectivity index (χ3v) is 4.58. The molecule has 25 heavy (non-hydrogen) atoms. The van der Waals surface area contributed by atoms with Gasteiger partial charge in [-0.3, -0.25) is 4.79 Å². The second-order valence-corrected chi connectivity index (χ2v) is 6.47. The van der Waals surface area contributed by atoms with Crippen LogP contribution in [0.2, 0.25) is 0 Å². The number of carbonyl (C=O) groups excluding carboxylic acids is 1. The van der Waals surface area contributed by atoms with E-state index in [0.29, 0.717) is 23.8 Å².